The van der Waals surface area contributed by atoms with Gasteiger partial charge in [-0.25, -0.2) is 9.78 Å². The van der Waals surface area contributed by atoms with Gasteiger partial charge >= 0.3 is 11.7 Å². The second-order valence-electron chi connectivity index (χ2n) is 10.7. The van der Waals surface area contributed by atoms with Gasteiger partial charge in [-0.2, -0.15) is 9.78 Å². The Morgan fingerprint density at radius 2 is 1.80 bits per heavy atom. The summed E-state index contributed by atoms with van der Waals surface area (Å²) in [6, 6.07) is 21.2. The van der Waals surface area contributed by atoms with Crippen molar-refractivity contribution in [2.75, 3.05) is 7.11 Å². The summed E-state index contributed by atoms with van der Waals surface area (Å²) in [5.41, 5.74) is 3.43. The number of nitrogens with zero attached hydrogens (tertiary/aromatic N) is 4. The van der Waals surface area contributed by atoms with Gasteiger partial charge in [0.05, 0.1) is 34.7 Å². The Hall–Kier alpha value is -5.84. The van der Waals surface area contributed by atoms with Crippen LogP contribution in [0, 0.1) is 17.0 Å². The van der Waals surface area contributed by atoms with Crippen LogP contribution >= 0.6 is 0 Å². The first-order chi connectivity index (χ1) is 21.6. The topological polar surface area (TPSA) is 146 Å². The zero-order valence-corrected chi connectivity index (χ0v) is 25.1. The second-order valence-corrected chi connectivity index (χ2v) is 10.7. The van der Waals surface area contributed by atoms with Gasteiger partial charge in [0.25, 0.3) is 5.56 Å². The highest BCUT2D eigenvalue weighted by Gasteiger charge is 2.19. The molecule has 0 saturated carbocycles. The van der Waals surface area contributed by atoms with Crippen LogP contribution in [0.3, 0.4) is 0 Å². The minimum absolute atomic E-state index is 0.00470. The summed E-state index contributed by atoms with van der Waals surface area (Å²) < 4.78 is 12.5. The molecule has 5 rings (SSSR count). The van der Waals surface area contributed by atoms with Gasteiger partial charge in [-0.1, -0.05) is 38.1 Å². The van der Waals surface area contributed by atoms with Crippen LogP contribution in [0.15, 0.2) is 88.8 Å². The molecule has 1 heterocycles. The zero-order chi connectivity index (χ0) is 32.2. The van der Waals surface area contributed by atoms with E-state index < -0.39 is 16.5 Å². The third-order valence-electron chi connectivity index (χ3n) is 7.29. The molecule has 0 amide bonds. The Kier molecular flexibility index (Phi) is 8.71. The first kappa shape index (κ1) is 30.6. The van der Waals surface area contributed by atoms with Gasteiger partial charge in [0, 0.05) is 17.2 Å². The van der Waals surface area contributed by atoms with E-state index in [4.69, 9.17) is 19.6 Å². The Labute approximate surface area is 258 Å². The number of rotatable bonds is 10. The van der Waals surface area contributed by atoms with Crippen molar-refractivity contribution < 1.29 is 24.3 Å². The third kappa shape index (κ3) is 6.42. The highest BCUT2D eigenvalue weighted by atomic mass is 16.6. The second kappa shape index (κ2) is 12.8. The average molecular weight is 607 g/mol. The number of aromatic nitrogens is 2. The van der Waals surface area contributed by atoms with Crippen LogP contribution in [0.1, 0.15) is 52.4 Å². The number of methoxy groups -OCH3 is 1. The van der Waals surface area contributed by atoms with E-state index in [1.165, 1.54) is 35.2 Å². The van der Waals surface area contributed by atoms with Crippen molar-refractivity contribution in [3.63, 3.8) is 0 Å². The van der Waals surface area contributed by atoms with Crippen LogP contribution < -0.4 is 15.0 Å². The molecule has 4 aromatic carbocycles. The Bertz CT molecular complexity index is 2010. The van der Waals surface area contributed by atoms with Crippen LogP contribution in [0.25, 0.3) is 22.3 Å². The Morgan fingerprint density at radius 1 is 1.07 bits per heavy atom. The molecule has 0 saturated heterocycles. The van der Waals surface area contributed by atoms with Gasteiger partial charge in [0.2, 0.25) is 0 Å². The quantitative estimate of drug-likeness (QED) is 0.107. The lowest BCUT2D eigenvalue weighted by atomic mass is 9.96. The van der Waals surface area contributed by atoms with E-state index in [1.54, 1.807) is 49.6 Å². The molecule has 0 bridgehead atoms. The van der Waals surface area contributed by atoms with Crippen molar-refractivity contribution in [3.8, 4) is 22.9 Å². The first-order valence-corrected chi connectivity index (χ1v) is 14.1. The number of aromatic carboxylic acids is 1. The van der Waals surface area contributed by atoms with E-state index in [9.17, 15) is 19.7 Å². The molecule has 45 heavy (non-hydrogen) atoms. The lowest BCUT2D eigenvalue weighted by Gasteiger charge is -2.17. The van der Waals surface area contributed by atoms with Crippen LogP contribution in [0.2, 0.25) is 0 Å². The average Bonchev–Trinajstić information content (AvgIpc) is 3.03. The molecule has 0 aliphatic heterocycles. The predicted molar refractivity (Wildman–Crippen MR) is 171 cm³/mol. The third-order valence-corrected chi connectivity index (χ3v) is 7.29. The van der Waals surface area contributed by atoms with Crippen molar-refractivity contribution in [2.45, 2.75) is 33.3 Å². The summed E-state index contributed by atoms with van der Waals surface area (Å²) in [6.07, 6.45) is 1.37. The number of ether oxygens (including phenoxy) is 2. The summed E-state index contributed by atoms with van der Waals surface area (Å²) in [7, 11) is 1.61. The number of benzene rings is 4. The van der Waals surface area contributed by atoms with Crippen LogP contribution in [0.5, 0.6) is 11.5 Å². The zero-order valence-electron chi connectivity index (χ0n) is 25.1. The summed E-state index contributed by atoms with van der Waals surface area (Å²) in [4.78, 5) is 41.0. The lowest BCUT2D eigenvalue weighted by Crippen LogP contribution is -2.20. The maximum absolute atomic E-state index is 13.7. The lowest BCUT2D eigenvalue weighted by molar-refractivity contribution is -0.385. The monoisotopic (exact) mass is 606 g/mol. The van der Waals surface area contributed by atoms with E-state index in [1.807, 2.05) is 32.9 Å². The van der Waals surface area contributed by atoms with Gasteiger partial charge in [0.15, 0.2) is 11.6 Å². The molecular weight excluding hydrogens is 576 g/mol. The number of nitro benzene ring substituents is 1. The number of hydrogen-bond acceptors (Lipinski definition) is 8. The number of para-hydroxylation sites is 1. The molecular formula is C34H30N4O7. The molecule has 0 aliphatic rings. The van der Waals surface area contributed by atoms with E-state index in [0.717, 1.165) is 16.9 Å². The van der Waals surface area contributed by atoms with Gasteiger partial charge in [-0.3, -0.25) is 14.9 Å². The van der Waals surface area contributed by atoms with E-state index in [2.05, 4.69) is 5.10 Å². The minimum Gasteiger partial charge on any atom is -0.496 e. The van der Waals surface area contributed by atoms with Gasteiger partial charge in [-0.05, 0) is 78.1 Å². The highest BCUT2D eigenvalue weighted by Crippen LogP contribution is 2.34. The SMILES string of the molecule is COc1cc(C)c(-c2nc3ccccc3c(=O)n2N=Cc2ccc(OCc3ccc(C(=O)O)cc3)c([N+](=O)[O-])c2)cc1C(C)C. The van der Waals surface area contributed by atoms with E-state index >= 15 is 0 Å². The predicted octanol–water partition coefficient (Wildman–Crippen LogP) is 6.57. The van der Waals surface area contributed by atoms with Crippen LogP contribution in [-0.2, 0) is 6.61 Å². The smallest absolute Gasteiger partial charge is 0.335 e. The molecule has 0 atom stereocenters. The molecule has 0 unspecified atom stereocenters. The standard InChI is InChI=1S/C34H30N4O7/c1-20(2)26-17-27(21(3)15-31(26)44-4)32-36-28-8-6-5-7-25(28)33(39)37(32)35-18-23-11-14-30(29(16-23)38(42)43)45-19-22-9-12-24(13-10-22)34(40)41/h5-18,20H,19H2,1-4H3,(H,40,41). The number of fused-ring (bicyclic) bond motifs is 1. The molecule has 1 N–H and O–H groups in total. The van der Waals surface area contributed by atoms with Crippen molar-refractivity contribution in [1.29, 1.82) is 0 Å². The molecule has 0 fully saturated rings. The summed E-state index contributed by atoms with van der Waals surface area (Å²) >= 11 is 0. The molecule has 0 aliphatic carbocycles. The number of carbonyl (C=O) groups is 1. The number of carboxylic acids is 1. The molecule has 0 radical (unpaired) electrons. The Balaban J connectivity index is 1.54. The number of aryl methyl sites for hydroxylation is 1. The number of nitro groups is 1. The number of hydrogen-bond donors (Lipinski definition) is 1. The number of carboxylic acid groups (broad SMARTS) is 1. The fraction of sp³-hybridized carbons (Fsp3) is 0.176. The molecule has 1 aromatic heterocycles. The summed E-state index contributed by atoms with van der Waals surface area (Å²) in [6.45, 7) is 5.99. The molecule has 11 heteroatoms. The molecule has 228 valence electrons. The fourth-order valence-electron chi connectivity index (χ4n) is 4.88. The van der Waals surface area contributed by atoms with Crippen molar-refractivity contribution in [3.05, 3.63) is 127 Å². The normalized spacial score (nSPS) is 11.3. The van der Waals surface area contributed by atoms with Crippen molar-refractivity contribution in [1.82, 2.24) is 9.66 Å². The van der Waals surface area contributed by atoms with Gasteiger partial charge in [0.1, 0.15) is 12.4 Å². The summed E-state index contributed by atoms with van der Waals surface area (Å²) in [5.74, 6) is 0.161. The van der Waals surface area contributed by atoms with E-state index in [-0.39, 0.29) is 29.5 Å². The van der Waals surface area contributed by atoms with Crippen molar-refractivity contribution >= 4 is 28.8 Å². The molecule has 0 spiro atoms. The van der Waals surface area contributed by atoms with Crippen molar-refractivity contribution in [2.24, 2.45) is 5.10 Å². The summed E-state index contributed by atoms with van der Waals surface area (Å²) in [5, 5.41) is 25.9. The maximum atomic E-state index is 13.7. The molecule has 11 nitrogen and oxygen atoms in total. The molecule has 5 aromatic rings. The van der Waals surface area contributed by atoms with Crippen LogP contribution in [-0.4, -0.2) is 39.0 Å². The fourth-order valence-corrected chi connectivity index (χ4v) is 4.88. The van der Waals surface area contributed by atoms with Gasteiger partial charge in [-0.15, -0.1) is 0 Å². The highest BCUT2D eigenvalue weighted by molar-refractivity contribution is 5.87. The van der Waals surface area contributed by atoms with E-state index in [0.29, 0.717) is 33.4 Å². The minimum atomic E-state index is -1.05. The van der Waals surface area contributed by atoms with Gasteiger partial charge < -0.3 is 14.6 Å². The first-order valence-electron chi connectivity index (χ1n) is 14.1. The largest absolute Gasteiger partial charge is 0.496 e. The van der Waals surface area contributed by atoms with Crippen LogP contribution in [0.4, 0.5) is 5.69 Å². The Morgan fingerprint density at radius 3 is 2.47 bits per heavy atom. The maximum Gasteiger partial charge on any atom is 0.335 e.